The molecule has 0 amide bonds. The maximum atomic E-state index is 12.1. The molecule has 0 unspecified atom stereocenters. The SMILES string of the molecule is CCC(=C/c1oc2ccc(-c3ccc(Br)cc3)cc2[n+]1CS(=O)(=O)[O-])/C=C1\Oc2ccc(-c3ccc(Br)cc3)cc2N1CCCCS(=O)(=O)O.CCC(=C/c1oc2ccc(-c3ccccc3)cc2[n+]1CS(=O)(=O)[O-])/C=C1\Oc2ccc(-c3ccccc3)cc2N1CCS(=O)(=O)O.CCNCC.c1cc[nH+]cc1. The van der Waals surface area contributed by atoms with Crippen LogP contribution in [0.4, 0.5) is 11.4 Å². The van der Waals surface area contributed by atoms with Crippen LogP contribution in [0.3, 0.4) is 0 Å². The summed E-state index contributed by atoms with van der Waals surface area (Å²) in [6.07, 6.45) is 12.2. The van der Waals surface area contributed by atoms with Crippen molar-refractivity contribution in [3.63, 3.8) is 0 Å². The van der Waals surface area contributed by atoms with E-state index >= 15 is 0 Å². The van der Waals surface area contributed by atoms with E-state index in [0.29, 0.717) is 88.1 Å². The Bertz CT molecular complexity index is 5500. The van der Waals surface area contributed by atoms with Crippen molar-refractivity contribution in [2.75, 3.05) is 47.5 Å². The minimum atomic E-state index is -4.70. The van der Waals surface area contributed by atoms with Crippen LogP contribution in [0.1, 0.15) is 65.2 Å². The second-order valence-electron chi connectivity index (χ2n) is 24.5. The summed E-state index contributed by atoms with van der Waals surface area (Å²) in [5.74, 6) is -0.361. The third-order valence-corrected chi connectivity index (χ3v) is 20.5. The van der Waals surface area contributed by atoms with Gasteiger partial charge in [-0.25, -0.2) is 21.8 Å². The van der Waals surface area contributed by atoms with Gasteiger partial charge in [-0.3, -0.25) is 9.11 Å². The van der Waals surface area contributed by atoms with Crippen molar-refractivity contribution >= 4 is 118 Å². The van der Waals surface area contributed by atoms with Gasteiger partial charge in [0.2, 0.25) is 34.7 Å². The molecule has 28 heteroatoms. The summed E-state index contributed by atoms with van der Waals surface area (Å²) in [7, 11) is -17.8. The average Bonchev–Trinajstić information content (AvgIpc) is 1.65. The minimum absolute atomic E-state index is 0.0891. The number of pyridine rings is 1. The van der Waals surface area contributed by atoms with E-state index < -0.39 is 58.0 Å². The van der Waals surface area contributed by atoms with Crippen LogP contribution in [0.15, 0.2) is 265 Å². The number of nitrogens with zero attached hydrogens (tertiary/aromatic N) is 4. The number of halogens is 2. The zero-order valence-corrected chi connectivity index (χ0v) is 65.2. The first-order chi connectivity index (χ1) is 51.1. The molecule has 2 aliphatic rings. The molecule has 0 spiro atoms. The molecule has 0 fully saturated rings. The molecule has 3 aromatic heterocycles. The number of allylic oxidation sites excluding steroid dienone is 4. The highest BCUT2D eigenvalue weighted by Crippen LogP contribution is 2.44. The monoisotopic (exact) mass is 1650 g/mol. The van der Waals surface area contributed by atoms with Crippen molar-refractivity contribution < 1.29 is 84.3 Å². The average molecular weight is 1660 g/mol. The zero-order chi connectivity index (χ0) is 76.5. The van der Waals surface area contributed by atoms with E-state index in [1.165, 1.54) is 9.13 Å². The van der Waals surface area contributed by atoms with Crippen molar-refractivity contribution in [3.8, 4) is 56.0 Å². The maximum Gasteiger partial charge on any atom is 0.375 e. The quantitative estimate of drug-likeness (QED) is 0.0287. The number of aromatic nitrogens is 3. The largest absolute Gasteiger partial charge is 0.743 e. The predicted octanol–water partition coefficient (Wildman–Crippen LogP) is 15.4. The highest BCUT2D eigenvalue weighted by Gasteiger charge is 2.32. The molecule has 11 aromatic rings. The number of nitrogens with one attached hydrogen (secondary N) is 2. The molecule has 4 N–H and O–H groups in total. The van der Waals surface area contributed by atoms with Crippen molar-refractivity contribution in [1.29, 1.82) is 0 Å². The van der Waals surface area contributed by atoms with Crippen molar-refractivity contribution in [1.82, 2.24) is 5.32 Å². The Balaban J connectivity index is 0.000000200. The number of hydrogen-bond donors (Lipinski definition) is 3. The van der Waals surface area contributed by atoms with E-state index in [2.05, 4.69) is 56.0 Å². The Labute approximate surface area is 639 Å². The van der Waals surface area contributed by atoms with Crippen LogP contribution in [0.5, 0.6) is 11.5 Å². The highest BCUT2D eigenvalue weighted by molar-refractivity contribution is 9.10. The number of anilines is 2. The fraction of sp³-hybridized carbons (Fsp3) is 0.203. The number of hydrogen-bond acceptors (Lipinski definition) is 17. The van der Waals surface area contributed by atoms with Gasteiger partial charge in [-0.05, 0) is 155 Å². The van der Waals surface area contributed by atoms with Crippen molar-refractivity contribution in [2.45, 2.75) is 65.1 Å². The highest BCUT2D eigenvalue weighted by atomic mass is 79.9. The van der Waals surface area contributed by atoms with E-state index in [0.717, 1.165) is 72.2 Å². The molecule has 0 saturated carbocycles. The van der Waals surface area contributed by atoms with E-state index in [-0.39, 0.29) is 30.5 Å². The molecule has 13 rings (SSSR count). The van der Waals surface area contributed by atoms with Gasteiger partial charge in [0.1, 0.15) is 0 Å². The third kappa shape index (κ3) is 22.8. The molecule has 0 aliphatic carbocycles. The Morgan fingerprint density at radius 3 is 1.20 bits per heavy atom. The van der Waals surface area contributed by atoms with Crippen LogP contribution in [0.2, 0.25) is 0 Å². The summed E-state index contributed by atoms with van der Waals surface area (Å²) in [5.41, 5.74) is 11.7. The number of fused-ring (bicyclic) bond motifs is 4. The van der Waals surface area contributed by atoms with Gasteiger partial charge in [-0.1, -0.05) is 175 Å². The fourth-order valence-electron chi connectivity index (χ4n) is 11.6. The topological polar surface area (TPSA) is 308 Å². The molecule has 0 saturated heterocycles. The molecule has 0 atom stereocenters. The van der Waals surface area contributed by atoms with E-state index in [1.807, 2.05) is 207 Å². The molecular weight excluding hydrogens is 1580 g/mol. The van der Waals surface area contributed by atoms with Crippen LogP contribution >= 0.6 is 31.9 Å². The summed E-state index contributed by atoms with van der Waals surface area (Å²) in [4.78, 5) is 6.51. The van der Waals surface area contributed by atoms with Gasteiger partial charge < -0.3 is 42.5 Å². The van der Waals surface area contributed by atoms with Crippen LogP contribution in [0, 0.1) is 0 Å². The first-order valence-corrected chi connectivity index (χ1v) is 42.1. The lowest BCUT2D eigenvalue weighted by Gasteiger charge is -2.19. The molecule has 2 aliphatic heterocycles. The Kier molecular flexibility index (Phi) is 27.3. The Morgan fingerprint density at radius 2 is 0.841 bits per heavy atom. The number of aromatic amines is 1. The van der Waals surface area contributed by atoms with E-state index in [4.69, 9.17) is 18.3 Å². The first-order valence-electron chi connectivity index (χ1n) is 34.1. The zero-order valence-electron chi connectivity index (χ0n) is 58.8. The summed E-state index contributed by atoms with van der Waals surface area (Å²) >= 11 is 6.91. The summed E-state index contributed by atoms with van der Waals surface area (Å²) < 4.78 is 166. The van der Waals surface area contributed by atoms with Crippen LogP contribution < -0.4 is 38.7 Å². The van der Waals surface area contributed by atoms with Gasteiger partial charge in [-0.2, -0.15) is 16.8 Å². The van der Waals surface area contributed by atoms with Gasteiger partial charge in [0, 0.05) is 58.5 Å². The molecule has 8 aromatic carbocycles. The number of ether oxygens (including phenoxy) is 2. The smallest absolute Gasteiger partial charge is 0.375 e. The lowest BCUT2D eigenvalue weighted by Crippen LogP contribution is -2.39. The maximum absolute atomic E-state index is 12.1. The molecular formula is C79H79Br2N6O16S4+. The molecule has 558 valence electrons. The molecule has 0 radical (unpaired) electrons. The van der Waals surface area contributed by atoms with E-state index in [1.54, 1.807) is 53.5 Å². The number of rotatable bonds is 24. The van der Waals surface area contributed by atoms with Gasteiger partial charge in [0.25, 0.3) is 31.3 Å². The van der Waals surface area contributed by atoms with Crippen LogP contribution in [-0.4, -0.2) is 89.6 Å². The lowest BCUT2D eigenvalue weighted by atomic mass is 10.0. The number of H-pyrrole nitrogens is 1. The van der Waals surface area contributed by atoms with Crippen molar-refractivity contribution in [3.05, 3.63) is 268 Å². The fourth-order valence-corrected chi connectivity index (χ4v) is 14.3. The summed E-state index contributed by atoms with van der Waals surface area (Å²) in [5, 5.41) is 3.11. The second-order valence-corrected chi connectivity index (χ2v) is 32.2. The summed E-state index contributed by atoms with van der Waals surface area (Å²) in [6, 6.07) is 62.9. The van der Waals surface area contributed by atoms with Gasteiger partial charge in [0.15, 0.2) is 44.1 Å². The molecule has 22 nitrogen and oxygen atoms in total. The number of oxazole rings is 2. The Hall–Kier alpha value is -9.43. The van der Waals surface area contributed by atoms with Gasteiger partial charge >= 0.3 is 11.8 Å². The molecule has 0 bridgehead atoms. The van der Waals surface area contributed by atoms with Crippen LogP contribution in [0.25, 0.3) is 78.9 Å². The standard InChI is InChI=1S/C36H32Br2N2O8S2.C34H30N2O8S2.C5H5N.C4H11N/c1-2-24(20-36-40(23-50(44,45)46)32-22-28(10-16-34(32)48-36)26-7-13-30(38)14-8-26)19-35-39(17-3-4-18-49(41,42)43)31-21-27(9-15-33(31)47-35)25-5-11-29(37)12-6-25;1-2-24(20-34-36(23-46(40,41)42)30-22-28(14-16-32(30)44-34)26-11-7-4-8-12-26)19-33-35(17-18-45(37,38)39)29-21-27(13-15-31(29)43-33)25-9-5-3-6-10-25;1-2-4-6-5-3-1;1-3-5-4-2/h5-16,19-22H,2-4,17-18,23H2,1H3,(H-,41,42,43,44,45,46);3-16,19-22H,2,17-18,23H2,1H3,(H-,37,38,39,40,41,42);1-5H;5H,3-4H2,1-2H3/p+1. The summed E-state index contributed by atoms with van der Waals surface area (Å²) in [6.45, 7) is 10.5. The first kappa shape index (κ1) is 80.1. The van der Waals surface area contributed by atoms with E-state index in [9.17, 15) is 51.9 Å². The minimum Gasteiger partial charge on any atom is -0.743 e. The third-order valence-electron chi connectivity index (χ3n) is 16.8. The van der Waals surface area contributed by atoms with Crippen LogP contribution in [-0.2, 0) is 52.2 Å². The lowest BCUT2D eigenvalue weighted by molar-refractivity contribution is -0.658. The Morgan fingerprint density at radius 1 is 0.467 bits per heavy atom. The normalized spacial score (nSPS) is 13.8. The molecule has 107 heavy (non-hydrogen) atoms. The number of benzene rings is 8. The second kappa shape index (κ2) is 36.4. The molecule has 5 heterocycles. The van der Waals surface area contributed by atoms with Gasteiger partial charge in [0.05, 0.1) is 35.0 Å². The van der Waals surface area contributed by atoms with Crippen molar-refractivity contribution in [2.24, 2.45) is 0 Å². The predicted molar refractivity (Wildman–Crippen MR) is 420 cm³/mol. The number of unbranched alkanes of at least 4 members (excludes halogenated alkanes) is 1. The van der Waals surface area contributed by atoms with Gasteiger partial charge in [-0.15, -0.1) is 9.13 Å².